The van der Waals surface area contributed by atoms with Crippen LogP contribution in [0.3, 0.4) is 0 Å². The van der Waals surface area contributed by atoms with E-state index in [0.29, 0.717) is 24.8 Å². The van der Waals surface area contributed by atoms with Crippen molar-refractivity contribution in [3.05, 3.63) is 53.3 Å². The summed E-state index contributed by atoms with van der Waals surface area (Å²) in [7, 11) is 0. The van der Waals surface area contributed by atoms with E-state index in [-0.39, 0.29) is 48.7 Å². The third kappa shape index (κ3) is 14.1. The van der Waals surface area contributed by atoms with Crippen molar-refractivity contribution in [1.29, 1.82) is 0 Å². The first-order chi connectivity index (χ1) is 21.3. The molecule has 8 nitrogen and oxygen atoms in total. The molecule has 0 aliphatic rings. The molecule has 44 heavy (non-hydrogen) atoms. The molecule has 0 aliphatic heterocycles. The van der Waals surface area contributed by atoms with Gasteiger partial charge in [0.2, 0.25) is 5.75 Å². The fraction of sp³-hybridized carbons (Fsp3) is 0.543. The molecule has 2 rings (SSSR count). The molecule has 0 radical (unpaired) electrons. The van der Waals surface area contributed by atoms with Gasteiger partial charge in [0, 0.05) is 19.3 Å². The molecule has 0 N–H and O–H groups in total. The van der Waals surface area contributed by atoms with Gasteiger partial charge < -0.3 is 18.9 Å². The van der Waals surface area contributed by atoms with Crippen LogP contribution in [0.4, 0.5) is 4.39 Å². The van der Waals surface area contributed by atoms with Crippen LogP contribution in [0.2, 0.25) is 0 Å². The Kier molecular flexibility index (Phi) is 17.4. The number of hydrogen-bond acceptors (Lipinski definition) is 8. The molecule has 0 atom stereocenters. The largest absolute Gasteiger partial charge is 0.457 e. The monoisotopic (exact) mass is 614 g/mol. The molecule has 242 valence electrons. The van der Waals surface area contributed by atoms with Gasteiger partial charge in [-0.2, -0.15) is 0 Å². The highest BCUT2D eigenvalue weighted by Crippen LogP contribution is 2.40. The summed E-state index contributed by atoms with van der Waals surface area (Å²) in [6, 6.07) is 8.10. The Morgan fingerprint density at radius 3 is 1.55 bits per heavy atom. The summed E-state index contributed by atoms with van der Waals surface area (Å²) in [4.78, 5) is 51.5. The standard InChI is InChI=1S/C35H47FO8/c1-4-7-10-13-19-31(37)42-29-23-27(35(40)41-25-26-17-16-18-28(36)22-26)24-30(43-32(38)20-14-11-8-5-2)34(29)44-33(39)21-15-12-9-6-3/h16-18,22-24H,4-15,19-21,25H2,1-3H3. The zero-order valence-corrected chi connectivity index (χ0v) is 26.4. The quantitative estimate of drug-likeness (QED) is 0.0780. The fourth-order valence-corrected chi connectivity index (χ4v) is 4.41. The van der Waals surface area contributed by atoms with Crippen molar-refractivity contribution in [3.8, 4) is 17.2 Å². The molecular formula is C35H47FO8. The Morgan fingerprint density at radius 2 is 1.09 bits per heavy atom. The van der Waals surface area contributed by atoms with E-state index in [9.17, 15) is 23.6 Å². The smallest absolute Gasteiger partial charge is 0.338 e. The third-order valence-electron chi connectivity index (χ3n) is 6.88. The van der Waals surface area contributed by atoms with E-state index >= 15 is 0 Å². The Bertz CT molecular complexity index is 1160. The van der Waals surface area contributed by atoms with Crippen molar-refractivity contribution in [3.63, 3.8) is 0 Å². The van der Waals surface area contributed by atoms with E-state index in [1.807, 2.05) is 0 Å². The summed E-state index contributed by atoms with van der Waals surface area (Å²) in [6.07, 6.45) is 10.6. The van der Waals surface area contributed by atoms with Crippen molar-refractivity contribution in [1.82, 2.24) is 0 Å². The Balaban J connectivity index is 2.39. The highest BCUT2D eigenvalue weighted by Gasteiger charge is 2.25. The van der Waals surface area contributed by atoms with Gasteiger partial charge in [0.1, 0.15) is 12.4 Å². The number of halogens is 1. The molecule has 0 heterocycles. The maximum absolute atomic E-state index is 13.6. The van der Waals surface area contributed by atoms with Crippen LogP contribution in [-0.2, 0) is 25.7 Å². The molecular weight excluding hydrogens is 567 g/mol. The lowest BCUT2D eigenvalue weighted by Crippen LogP contribution is -2.16. The summed E-state index contributed by atoms with van der Waals surface area (Å²) in [5.41, 5.74) is 0.344. The van der Waals surface area contributed by atoms with Crippen LogP contribution in [0.5, 0.6) is 17.2 Å². The molecule has 0 bridgehead atoms. The molecule has 2 aromatic carbocycles. The zero-order valence-electron chi connectivity index (χ0n) is 26.4. The summed E-state index contributed by atoms with van der Waals surface area (Å²) in [5, 5.41) is 0. The van der Waals surface area contributed by atoms with Crippen LogP contribution in [0.1, 0.15) is 133 Å². The summed E-state index contributed by atoms with van der Waals surface area (Å²) in [5.74, 6) is -3.72. The van der Waals surface area contributed by atoms with E-state index in [4.69, 9.17) is 18.9 Å². The Labute approximate surface area is 260 Å². The number of ether oxygens (including phenoxy) is 4. The first-order valence-electron chi connectivity index (χ1n) is 16.0. The molecule has 0 spiro atoms. The van der Waals surface area contributed by atoms with Crippen molar-refractivity contribution in [2.24, 2.45) is 0 Å². The summed E-state index contributed by atoms with van der Waals surface area (Å²) in [6.45, 7) is 5.97. The van der Waals surface area contributed by atoms with E-state index in [2.05, 4.69) is 20.8 Å². The second-order valence-electron chi connectivity index (χ2n) is 10.9. The van der Waals surface area contributed by atoms with Gasteiger partial charge in [-0.05, 0) is 49.1 Å². The van der Waals surface area contributed by atoms with E-state index in [1.165, 1.54) is 30.3 Å². The molecule has 0 aliphatic carbocycles. The number of unbranched alkanes of at least 4 members (excludes halogenated alkanes) is 9. The number of carbonyl (C=O) groups is 4. The molecule has 9 heteroatoms. The average Bonchev–Trinajstić information content (AvgIpc) is 3.00. The molecule has 0 amide bonds. The fourth-order valence-electron chi connectivity index (χ4n) is 4.41. The van der Waals surface area contributed by atoms with Crippen LogP contribution in [0.25, 0.3) is 0 Å². The number of rotatable bonds is 21. The molecule has 0 saturated carbocycles. The number of benzene rings is 2. The summed E-state index contributed by atoms with van der Waals surface area (Å²) < 4.78 is 35.8. The van der Waals surface area contributed by atoms with Crippen LogP contribution in [-0.4, -0.2) is 23.9 Å². The van der Waals surface area contributed by atoms with Gasteiger partial charge in [-0.1, -0.05) is 90.7 Å². The van der Waals surface area contributed by atoms with Crippen molar-refractivity contribution < 1.29 is 42.5 Å². The minimum absolute atomic E-state index is 0.0910. The lowest BCUT2D eigenvalue weighted by Gasteiger charge is -2.16. The van der Waals surface area contributed by atoms with Gasteiger partial charge in [0.15, 0.2) is 11.5 Å². The minimum atomic E-state index is -0.827. The first-order valence-corrected chi connectivity index (χ1v) is 16.0. The van der Waals surface area contributed by atoms with E-state index in [0.717, 1.165) is 57.8 Å². The lowest BCUT2D eigenvalue weighted by atomic mass is 10.1. The maximum atomic E-state index is 13.6. The Morgan fingerprint density at radius 1 is 0.614 bits per heavy atom. The zero-order chi connectivity index (χ0) is 32.2. The van der Waals surface area contributed by atoms with Crippen LogP contribution >= 0.6 is 0 Å². The van der Waals surface area contributed by atoms with Gasteiger partial charge in [-0.3, -0.25) is 14.4 Å². The van der Waals surface area contributed by atoms with Gasteiger partial charge in [-0.15, -0.1) is 0 Å². The Hall–Kier alpha value is -3.75. The number of carbonyl (C=O) groups excluding carboxylic acids is 4. The summed E-state index contributed by atoms with van der Waals surface area (Å²) >= 11 is 0. The predicted molar refractivity (Wildman–Crippen MR) is 165 cm³/mol. The SMILES string of the molecule is CCCCCCC(=O)Oc1cc(C(=O)OCc2cccc(F)c2)cc(OC(=O)CCCCCC)c1OC(=O)CCCCCC. The van der Waals surface area contributed by atoms with Crippen molar-refractivity contribution in [2.75, 3.05) is 0 Å². The van der Waals surface area contributed by atoms with Gasteiger partial charge >= 0.3 is 23.9 Å². The third-order valence-corrected chi connectivity index (χ3v) is 6.88. The topological polar surface area (TPSA) is 105 Å². The number of esters is 4. The van der Waals surface area contributed by atoms with Gasteiger partial charge in [0.05, 0.1) is 5.56 Å². The average molecular weight is 615 g/mol. The molecule has 2 aromatic rings. The second kappa shape index (κ2) is 21.0. The van der Waals surface area contributed by atoms with Crippen LogP contribution in [0.15, 0.2) is 36.4 Å². The highest BCUT2D eigenvalue weighted by molar-refractivity contribution is 5.92. The molecule has 0 aromatic heterocycles. The van der Waals surface area contributed by atoms with E-state index in [1.54, 1.807) is 6.07 Å². The predicted octanol–water partition coefficient (Wildman–Crippen LogP) is 8.81. The minimum Gasteiger partial charge on any atom is -0.457 e. The van der Waals surface area contributed by atoms with E-state index < -0.39 is 29.7 Å². The molecule has 0 fully saturated rings. The van der Waals surface area contributed by atoms with Gasteiger partial charge in [-0.25, -0.2) is 9.18 Å². The first kappa shape index (κ1) is 36.4. The number of hydrogen-bond donors (Lipinski definition) is 0. The van der Waals surface area contributed by atoms with Crippen molar-refractivity contribution >= 4 is 23.9 Å². The van der Waals surface area contributed by atoms with Crippen LogP contribution < -0.4 is 14.2 Å². The van der Waals surface area contributed by atoms with Gasteiger partial charge in [0.25, 0.3) is 0 Å². The second-order valence-corrected chi connectivity index (χ2v) is 10.9. The molecule has 0 unspecified atom stereocenters. The molecule has 0 saturated heterocycles. The maximum Gasteiger partial charge on any atom is 0.338 e. The normalized spacial score (nSPS) is 10.7. The van der Waals surface area contributed by atoms with Crippen LogP contribution in [0, 0.1) is 5.82 Å². The lowest BCUT2D eigenvalue weighted by molar-refractivity contribution is -0.138. The van der Waals surface area contributed by atoms with Crippen molar-refractivity contribution in [2.45, 2.75) is 124 Å². The highest BCUT2D eigenvalue weighted by atomic mass is 19.1.